The van der Waals surface area contributed by atoms with Crippen molar-refractivity contribution in [3.63, 3.8) is 0 Å². The molecule has 0 amide bonds. The van der Waals surface area contributed by atoms with E-state index < -0.39 is 0 Å². The van der Waals surface area contributed by atoms with Gasteiger partial charge in [0.1, 0.15) is 11.2 Å². The summed E-state index contributed by atoms with van der Waals surface area (Å²) in [6.07, 6.45) is 6.75. The number of hydrogen-bond acceptors (Lipinski definition) is 2. The molecule has 0 saturated heterocycles. The number of nitrogens with zero attached hydrogens (tertiary/aromatic N) is 2. The van der Waals surface area contributed by atoms with E-state index in [0.29, 0.717) is 0 Å². The van der Waals surface area contributed by atoms with Gasteiger partial charge in [-0.3, -0.25) is 0 Å². The number of nitriles is 1. The molecule has 1 aromatic carbocycles. The van der Waals surface area contributed by atoms with Gasteiger partial charge in [0.2, 0.25) is 0 Å². The second kappa shape index (κ2) is 3.97. The number of benzene rings is 1. The van der Waals surface area contributed by atoms with Crippen molar-refractivity contribution in [3.05, 3.63) is 42.5 Å². The first-order valence-corrected chi connectivity index (χ1v) is 6.86. The number of para-hydroxylation sites is 1. The van der Waals surface area contributed by atoms with Crippen LogP contribution in [0.2, 0.25) is 0 Å². The fourth-order valence-corrected chi connectivity index (χ4v) is 2.93. The van der Waals surface area contributed by atoms with Crippen LogP contribution < -0.4 is 0 Å². The molecule has 4 rings (SSSR count). The van der Waals surface area contributed by atoms with Crippen LogP contribution in [0, 0.1) is 11.3 Å². The Morgan fingerprint density at radius 2 is 2.10 bits per heavy atom. The standard InChI is InChI=1S/C16H14N4/c17-10-16(6-3-7-16)15-19-9-14(20-15)12-8-18-13-5-2-1-4-11(12)13/h1-2,4-5,8-9,18H,3,6-7H2,(H,19,20). The second-order valence-corrected chi connectivity index (χ2v) is 5.44. The molecule has 0 spiro atoms. The summed E-state index contributed by atoms with van der Waals surface area (Å²) in [7, 11) is 0. The van der Waals surface area contributed by atoms with Crippen LogP contribution in [0.5, 0.6) is 0 Å². The summed E-state index contributed by atoms with van der Waals surface area (Å²) in [5.41, 5.74) is 2.80. The highest BCUT2D eigenvalue weighted by atomic mass is 14.9. The van der Waals surface area contributed by atoms with Crippen molar-refractivity contribution in [3.8, 4) is 17.3 Å². The highest BCUT2D eigenvalue weighted by Gasteiger charge is 2.41. The maximum atomic E-state index is 9.39. The first kappa shape index (κ1) is 11.3. The van der Waals surface area contributed by atoms with Crippen molar-refractivity contribution in [1.29, 1.82) is 5.26 Å². The average Bonchev–Trinajstić information content (AvgIpc) is 3.04. The Labute approximate surface area is 116 Å². The SMILES string of the molecule is N#CC1(c2ncc(-c3c[nH]c4ccccc34)[nH]2)CCC1. The van der Waals surface area contributed by atoms with E-state index in [1.165, 1.54) is 5.39 Å². The molecule has 4 heteroatoms. The minimum absolute atomic E-state index is 0.385. The Morgan fingerprint density at radius 1 is 1.25 bits per heavy atom. The number of nitrogens with one attached hydrogen (secondary N) is 2. The molecule has 1 fully saturated rings. The summed E-state index contributed by atoms with van der Waals surface area (Å²) in [6.45, 7) is 0. The highest BCUT2D eigenvalue weighted by molar-refractivity contribution is 5.94. The Balaban J connectivity index is 1.81. The molecule has 2 aromatic heterocycles. The van der Waals surface area contributed by atoms with Gasteiger partial charge in [0.25, 0.3) is 0 Å². The lowest BCUT2D eigenvalue weighted by Crippen LogP contribution is -2.33. The maximum absolute atomic E-state index is 9.39. The van der Waals surface area contributed by atoms with Crippen molar-refractivity contribution in [2.75, 3.05) is 0 Å². The van der Waals surface area contributed by atoms with E-state index in [2.05, 4.69) is 33.2 Å². The molecule has 0 aliphatic heterocycles. The Kier molecular flexibility index (Phi) is 2.25. The third kappa shape index (κ3) is 1.44. The molecular formula is C16H14N4. The minimum Gasteiger partial charge on any atom is -0.360 e. The third-order valence-electron chi connectivity index (χ3n) is 4.33. The predicted molar refractivity (Wildman–Crippen MR) is 77.0 cm³/mol. The number of aromatic nitrogens is 3. The topological polar surface area (TPSA) is 68.3 Å². The highest BCUT2D eigenvalue weighted by Crippen LogP contribution is 2.42. The zero-order valence-corrected chi connectivity index (χ0v) is 11.0. The third-order valence-corrected chi connectivity index (χ3v) is 4.33. The smallest absolute Gasteiger partial charge is 0.127 e. The van der Waals surface area contributed by atoms with Crippen LogP contribution in [0.15, 0.2) is 36.7 Å². The summed E-state index contributed by atoms with van der Waals surface area (Å²) in [6, 6.07) is 10.6. The predicted octanol–water partition coefficient (Wildman–Crippen LogP) is 3.50. The summed E-state index contributed by atoms with van der Waals surface area (Å²) in [5, 5.41) is 10.6. The Bertz CT molecular complexity index is 814. The summed E-state index contributed by atoms with van der Waals surface area (Å²) in [4.78, 5) is 11.1. The van der Waals surface area contributed by atoms with E-state index in [1.807, 2.05) is 24.5 Å². The molecule has 0 unspecified atom stereocenters. The van der Waals surface area contributed by atoms with Crippen molar-refractivity contribution in [2.45, 2.75) is 24.7 Å². The van der Waals surface area contributed by atoms with Gasteiger partial charge in [-0.25, -0.2) is 4.98 Å². The van der Waals surface area contributed by atoms with E-state index >= 15 is 0 Å². The van der Waals surface area contributed by atoms with Gasteiger partial charge in [0, 0.05) is 22.7 Å². The lowest BCUT2D eigenvalue weighted by Gasteiger charge is -2.32. The Hall–Kier alpha value is -2.54. The van der Waals surface area contributed by atoms with Crippen LogP contribution in [-0.2, 0) is 5.41 Å². The number of H-pyrrole nitrogens is 2. The first-order valence-electron chi connectivity index (χ1n) is 6.86. The molecule has 3 aromatic rings. The fourth-order valence-electron chi connectivity index (χ4n) is 2.93. The van der Waals surface area contributed by atoms with Crippen molar-refractivity contribution < 1.29 is 0 Å². The average molecular weight is 262 g/mol. The maximum Gasteiger partial charge on any atom is 0.127 e. The number of hydrogen-bond donors (Lipinski definition) is 2. The monoisotopic (exact) mass is 262 g/mol. The van der Waals surface area contributed by atoms with Crippen molar-refractivity contribution in [1.82, 2.24) is 15.0 Å². The molecule has 1 saturated carbocycles. The lowest BCUT2D eigenvalue weighted by molar-refractivity contribution is 0.309. The quantitative estimate of drug-likeness (QED) is 0.742. The lowest BCUT2D eigenvalue weighted by atomic mass is 9.69. The van der Waals surface area contributed by atoms with Gasteiger partial charge in [-0.05, 0) is 25.3 Å². The summed E-state index contributed by atoms with van der Waals surface area (Å²) in [5.74, 6) is 0.812. The molecule has 0 radical (unpaired) electrons. The number of rotatable bonds is 2. The first-order chi connectivity index (χ1) is 9.82. The van der Waals surface area contributed by atoms with Gasteiger partial charge >= 0.3 is 0 Å². The molecule has 0 atom stereocenters. The van der Waals surface area contributed by atoms with Crippen LogP contribution in [0.25, 0.3) is 22.2 Å². The van der Waals surface area contributed by atoms with Crippen molar-refractivity contribution >= 4 is 10.9 Å². The minimum atomic E-state index is -0.385. The molecule has 2 N–H and O–H groups in total. The van der Waals surface area contributed by atoms with E-state index in [4.69, 9.17) is 0 Å². The second-order valence-electron chi connectivity index (χ2n) is 5.44. The van der Waals surface area contributed by atoms with Crippen LogP contribution >= 0.6 is 0 Å². The molecule has 4 nitrogen and oxygen atoms in total. The number of imidazole rings is 1. The fraction of sp³-hybridized carbons (Fsp3) is 0.250. The van der Waals surface area contributed by atoms with Gasteiger partial charge in [0.05, 0.1) is 18.0 Å². The Morgan fingerprint density at radius 3 is 2.85 bits per heavy atom. The van der Waals surface area contributed by atoms with Gasteiger partial charge < -0.3 is 9.97 Å². The van der Waals surface area contributed by atoms with E-state index in [9.17, 15) is 5.26 Å². The van der Waals surface area contributed by atoms with Gasteiger partial charge in [-0.15, -0.1) is 0 Å². The van der Waals surface area contributed by atoms with Crippen molar-refractivity contribution in [2.24, 2.45) is 0 Å². The van der Waals surface area contributed by atoms with E-state index in [0.717, 1.165) is 41.9 Å². The molecule has 20 heavy (non-hydrogen) atoms. The summed E-state index contributed by atoms with van der Waals surface area (Å²) >= 11 is 0. The van der Waals surface area contributed by atoms with Gasteiger partial charge in [-0.1, -0.05) is 18.2 Å². The van der Waals surface area contributed by atoms with Gasteiger partial charge in [-0.2, -0.15) is 5.26 Å². The van der Waals surface area contributed by atoms with Crippen LogP contribution in [0.1, 0.15) is 25.1 Å². The molecule has 0 bridgehead atoms. The van der Waals surface area contributed by atoms with Gasteiger partial charge in [0.15, 0.2) is 0 Å². The van der Waals surface area contributed by atoms with E-state index in [1.54, 1.807) is 0 Å². The normalized spacial score (nSPS) is 16.8. The van der Waals surface area contributed by atoms with Crippen LogP contribution in [-0.4, -0.2) is 15.0 Å². The zero-order valence-electron chi connectivity index (χ0n) is 11.0. The molecular weight excluding hydrogens is 248 g/mol. The molecule has 1 aliphatic rings. The molecule has 2 heterocycles. The molecule has 1 aliphatic carbocycles. The molecule has 98 valence electrons. The van der Waals surface area contributed by atoms with E-state index in [-0.39, 0.29) is 5.41 Å². The largest absolute Gasteiger partial charge is 0.360 e. The van der Waals surface area contributed by atoms with Crippen LogP contribution in [0.4, 0.5) is 0 Å². The number of fused-ring (bicyclic) bond motifs is 1. The van der Waals surface area contributed by atoms with Crippen LogP contribution in [0.3, 0.4) is 0 Å². The zero-order chi connectivity index (χ0) is 13.6. The summed E-state index contributed by atoms with van der Waals surface area (Å²) < 4.78 is 0. The number of aromatic amines is 2.